The lowest BCUT2D eigenvalue weighted by atomic mass is 9.91. The predicted octanol–water partition coefficient (Wildman–Crippen LogP) is 4.78. The molecular formula is C19H22N2O. The molecule has 0 radical (unpaired) electrons. The minimum Gasteiger partial charge on any atom is -0.321 e. The summed E-state index contributed by atoms with van der Waals surface area (Å²) in [5.74, 6) is -0.128. The summed E-state index contributed by atoms with van der Waals surface area (Å²) in [6.45, 7) is 8.61. The summed E-state index contributed by atoms with van der Waals surface area (Å²) >= 11 is 0. The zero-order valence-corrected chi connectivity index (χ0v) is 13.6. The molecule has 1 heterocycles. The third-order valence-electron chi connectivity index (χ3n) is 3.17. The lowest BCUT2D eigenvalue weighted by Gasteiger charge is -2.14. The monoisotopic (exact) mass is 294 g/mol. The number of amides is 1. The number of pyridine rings is 1. The number of anilines is 1. The highest BCUT2D eigenvalue weighted by Crippen LogP contribution is 2.23. The summed E-state index contributed by atoms with van der Waals surface area (Å²) in [5, 5.41) is 2.83. The largest absolute Gasteiger partial charge is 0.321 e. The van der Waals surface area contributed by atoms with Crippen molar-refractivity contribution in [2.75, 3.05) is 5.32 Å². The van der Waals surface area contributed by atoms with Crippen LogP contribution in [0.3, 0.4) is 0 Å². The average Bonchev–Trinajstić information content (AvgIpc) is 2.46. The number of benzene rings is 1. The fourth-order valence-electron chi connectivity index (χ4n) is 2.26. The highest BCUT2D eigenvalue weighted by molar-refractivity contribution is 6.04. The molecule has 0 bridgehead atoms. The smallest absolute Gasteiger partial charge is 0.255 e. The van der Waals surface area contributed by atoms with Crippen molar-refractivity contribution in [1.29, 1.82) is 0 Å². The number of hydrogen-bond donors (Lipinski definition) is 1. The Labute approximate surface area is 132 Å². The number of aromatic nitrogens is 1. The molecule has 0 aliphatic heterocycles. The van der Waals surface area contributed by atoms with Gasteiger partial charge in [-0.1, -0.05) is 39.0 Å². The molecular weight excluding hydrogens is 272 g/mol. The quantitative estimate of drug-likeness (QED) is 0.884. The zero-order chi connectivity index (χ0) is 16.2. The molecule has 2 rings (SSSR count). The minimum atomic E-state index is -0.128. The predicted molar refractivity (Wildman–Crippen MR) is 91.7 cm³/mol. The van der Waals surface area contributed by atoms with Crippen molar-refractivity contribution in [2.24, 2.45) is 5.41 Å². The molecule has 1 N–H and O–H groups in total. The van der Waals surface area contributed by atoms with E-state index in [9.17, 15) is 4.79 Å². The molecule has 22 heavy (non-hydrogen) atoms. The highest BCUT2D eigenvalue weighted by atomic mass is 16.1. The van der Waals surface area contributed by atoms with E-state index >= 15 is 0 Å². The molecule has 1 amide bonds. The van der Waals surface area contributed by atoms with Crippen molar-refractivity contribution >= 4 is 17.2 Å². The first-order chi connectivity index (χ1) is 10.3. The van der Waals surface area contributed by atoms with Gasteiger partial charge in [-0.15, -0.1) is 0 Å². The Balaban J connectivity index is 2.12. The van der Waals surface area contributed by atoms with E-state index < -0.39 is 0 Å². The maximum absolute atomic E-state index is 12.2. The van der Waals surface area contributed by atoms with E-state index in [4.69, 9.17) is 0 Å². The summed E-state index contributed by atoms with van der Waals surface area (Å²) in [5.41, 5.74) is 3.82. The van der Waals surface area contributed by atoms with E-state index in [-0.39, 0.29) is 11.3 Å². The van der Waals surface area contributed by atoms with Gasteiger partial charge in [0, 0.05) is 11.8 Å². The summed E-state index contributed by atoms with van der Waals surface area (Å²) < 4.78 is 0. The second-order valence-corrected chi connectivity index (χ2v) is 6.47. The van der Waals surface area contributed by atoms with Crippen LogP contribution in [0.2, 0.25) is 0 Å². The molecule has 114 valence electrons. The van der Waals surface area contributed by atoms with Crippen molar-refractivity contribution in [3.8, 4) is 0 Å². The highest BCUT2D eigenvalue weighted by Gasteiger charge is 2.09. The second-order valence-electron chi connectivity index (χ2n) is 6.47. The molecule has 1 aromatic carbocycles. The number of nitrogens with zero attached hydrogens (tertiary/aromatic N) is 1. The van der Waals surface area contributed by atoms with Gasteiger partial charge in [-0.3, -0.25) is 9.78 Å². The van der Waals surface area contributed by atoms with Crippen LogP contribution in [0.4, 0.5) is 5.69 Å². The lowest BCUT2D eigenvalue weighted by molar-refractivity contribution is 0.102. The first kappa shape index (κ1) is 16.0. The first-order valence-corrected chi connectivity index (χ1v) is 7.36. The van der Waals surface area contributed by atoms with Gasteiger partial charge in [-0.25, -0.2) is 0 Å². The summed E-state index contributed by atoms with van der Waals surface area (Å²) in [4.78, 5) is 16.2. The minimum absolute atomic E-state index is 0.128. The molecule has 1 aromatic heterocycles. The average molecular weight is 294 g/mol. The van der Waals surface area contributed by atoms with Crippen LogP contribution in [0.5, 0.6) is 0 Å². The Morgan fingerprint density at radius 1 is 1.09 bits per heavy atom. The molecule has 0 atom stereocenters. The van der Waals surface area contributed by atoms with Gasteiger partial charge in [0.1, 0.15) is 0 Å². The summed E-state index contributed by atoms with van der Waals surface area (Å²) in [6, 6.07) is 11.3. The fraction of sp³-hybridized carbons (Fsp3) is 0.263. The fourth-order valence-corrected chi connectivity index (χ4v) is 2.26. The molecule has 0 unspecified atom stereocenters. The number of hydrogen-bond acceptors (Lipinski definition) is 2. The van der Waals surface area contributed by atoms with E-state index in [1.807, 2.05) is 30.3 Å². The number of nitrogens with one attached hydrogen (secondary N) is 1. The summed E-state index contributed by atoms with van der Waals surface area (Å²) in [7, 11) is 0. The van der Waals surface area contributed by atoms with Crippen LogP contribution in [-0.2, 0) is 0 Å². The molecule has 0 aliphatic carbocycles. The van der Waals surface area contributed by atoms with E-state index in [2.05, 4.69) is 44.1 Å². The van der Waals surface area contributed by atoms with Crippen LogP contribution < -0.4 is 5.32 Å². The van der Waals surface area contributed by atoms with Gasteiger partial charge in [0.05, 0.1) is 11.9 Å². The Morgan fingerprint density at radius 3 is 2.27 bits per heavy atom. The Bertz CT molecular complexity index is 665. The van der Waals surface area contributed by atoms with Crippen molar-refractivity contribution in [3.63, 3.8) is 0 Å². The topological polar surface area (TPSA) is 42.0 Å². The SMILES string of the molecule is C/C(=C\C(C)(C)C)c1ccc(C(=O)Nc2cccnc2)cc1. The molecule has 0 aliphatic rings. The van der Waals surface area contributed by atoms with Crippen LogP contribution in [0.25, 0.3) is 5.57 Å². The number of allylic oxidation sites excluding steroid dienone is 2. The van der Waals surface area contributed by atoms with Crippen molar-refractivity contribution < 1.29 is 4.79 Å². The maximum atomic E-state index is 12.2. The lowest BCUT2D eigenvalue weighted by Crippen LogP contribution is -2.11. The van der Waals surface area contributed by atoms with Crippen molar-refractivity contribution in [1.82, 2.24) is 4.98 Å². The molecule has 0 spiro atoms. The van der Waals surface area contributed by atoms with Gasteiger partial charge in [-0.2, -0.15) is 0 Å². The number of carbonyl (C=O) groups excluding carboxylic acids is 1. The summed E-state index contributed by atoms with van der Waals surface area (Å²) in [6.07, 6.45) is 5.54. The molecule has 0 saturated heterocycles. The van der Waals surface area contributed by atoms with Crippen molar-refractivity contribution in [3.05, 3.63) is 66.0 Å². The molecule has 0 fully saturated rings. The first-order valence-electron chi connectivity index (χ1n) is 7.36. The third kappa shape index (κ3) is 4.55. The van der Waals surface area contributed by atoms with Gasteiger partial charge in [0.25, 0.3) is 5.91 Å². The number of rotatable bonds is 3. The normalized spacial score (nSPS) is 12.1. The van der Waals surface area contributed by atoms with E-state index in [1.54, 1.807) is 18.5 Å². The van der Waals surface area contributed by atoms with Gasteiger partial charge in [-0.05, 0) is 47.7 Å². The van der Waals surface area contributed by atoms with Crippen LogP contribution in [0.15, 0.2) is 54.9 Å². The van der Waals surface area contributed by atoms with Gasteiger partial charge < -0.3 is 5.32 Å². The van der Waals surface area contributed by atoms with Crippen LogP contribution in [-0.4, -0.2) is 10.9 Å². The second kappa shape index (κ2) is 6.56. The van der Waals surface area contributed by atoms with Gasteiger partial charge >= 0.3 is 0 Å². The molecule has 0 saturated carbocycles. The number of carbonyl (C=O) groups is 1. The molecule has 2 aromatic rings. The zero-order valence-electron chi connectivity index (χ0n) is 13.6. The van der Waals surface area contributed by atoms with Crippen molar-refractivity contribution in [2.45, 2.75) is 27.7 Å². The Morgan fingerprint density at radius 2 is 1.73 bits per heavy atom. The van der Waals surface area contributed by atoms with E-state index in [0.29, 0.717) is 11.3 Å². The van der Waals surface area contributed by atoms with Crippen LogP contribution >= 0.6 is 0 Å². The Kier molecular flexibility index (Phi) is 4.76. The van der Waals surface area contributed by atoms with E-state index in [0.717, 1.165) is 5.56 Å². The molecule has 3 nitrogen and oxygen atoms in total. The van der Waals surface area contributed by atoms with Gasteiger partial charge in [0.15, 0.2) is 0 Å². The van der Waals surface area contributed by atoms with Gasteiger partial charge in [0.2, 0.25) is 0 Å². The van der Waals surface area contributed by atoms with E-state index in [1.165, 1.54) is 5.57 Å². The van der Waals surface area contributed by atoms with Crippen LogP contribution in [0.1, 0.15) is 43.6 Å². The third-order valence-corrected chi connectivity index (χ3v) is 3.17. The Hall–Kier alpha value is -2.42. The maximum Gasteiger partial charge on any atom is 0.255 e. The standard InChI is InChI=1S/C19H22N2O/c1-14(12-19(2,3)4)15-7-9-16(10-8-15)18(22)21-17-6-5-11-20-13-17/h5-13H,1-4H3,(H,21,22)/b14-12+. The molecule has 3 heteroatoms. The van der Waals surface area contributed by atoms with Crippen LogP contribution in [0, 0.1) is 5.41 Å².